The first-order chi connectivity index (χ1) is 11.5. The molecule has 0 aliphatic carbocycles. The van der Waals surface area contributed by atoms with E-state index in [2.05, 4.69) is 10.1 Å². The number of aliphatic hydroxyl groups is 3. The van der Waals surface area contributed by atoms with Crippen LogP contribution >= 0.6 is 0 Å². The van der Waals surface area contributed by atoms with Crippen LogP contribution < -0.4 is 5.32 Å². The number of amides is 1. The number of aliphatic hydroxyl groups excluding tert-OH is 3. The Morgan fingerprint density at radius 2 is 1.88 bits per heavy atom. The molecule has 3 atom stereocenters. The van der Waals surface area contributed by atoms with Crippen LogP contribution in [0.4, 0.5) is 4.79 Å². The standard InChI is InChI=1S/C15H19NO8/c17-7-11(19)14(21)12(8-18)24-13(20)6-16-15(22)23-9-10-4-2-1-3-5-10/h1-5,7,11-12,14,18-19,21H,6,8-9H2,(H,16,22)/t11-,12-,14+/m1/s1. The molecule has 1 aromatic carbocycles. The number of hydrogen-bond donors (Lipinski definition) is 4. The molecule has 24 heavy (non-hydrogen) atoms. The summed E-state index contributed by atoms with van der Waals surface area (Å²) in [6.07, 6.45) is -5.90. The Morgan fingerprint density at radius 1 is 1.21 bits per heavy atom. The summed E-state index contributed by atoms with van der Waals surface area (Å²) in [5, 5.41) is 29.7. The summed E-state index contributed by atoms with van der Waals surface area (Å²) in [6, 6.07) is 8.89. The molecule has 1 aromatic rings. The first-order valence-corrected chi connectivity index (χ1v) is 7.04. The number of aldehydes is 1. The summed E-state index contributed by atoms with van der Waals surface area (Å²) in [5.74, 6) is -0.983. The molecular weight excluding hydrogens is 322 g/mol. The second-order valence-electron chi connectivity index (χ2n) is 4.74. The third-order valence-corrected chi connectivity index (χ3v) is 2.92. The smallest absolute Gasteiger partial charge is 0.407 e. The first kappa shape index (κ1) is 19.6. The second kappa shape index (κ2) is 10.3. The van der Waals surface area contributed by atoms with Gasteiger partial charge in [-0.3, -0.25) is 4.79 Å². The summed E-state index contributed by atoms with van der Waals surface area (Å²) < 4.78 is 9.54. The molecule has 0 radical (unpaired) electrons. The van der Waals surface area contributed by atoms with Gasteiger partial charge in [-0.1, -0.05) is 30.3 Å². The minimum Gasteiger partial charge on any atom is -0.456 e. The van der Waals surface area contributed by atoms with Crippen LogP contribution in [0.25, 0.3) is 0 Å². The van der Waals surface area contributed by atoms with E-state index in [1.54, 1.807) is 24.3 Å². The molecule has 9 nitrogen and oxygen atoms in total. The van der Waals surface area contributed by atoms with Gasteiger partial charge in [-0.2, -0.15) is 0 Å². The molecule has 0 aliphatic rings. The van der Waals surface area contributed by atoms with E-state index in [1.807, 2.05) is 6.07 Å². The zero-order valence-corrected chi connectivity index (χ0v) is 12.7. The number of alkyl carbamates (subject to hydrolysis) is 1. The van der Waals surface area contributed by atoms with Crippen molar-refractivity contribution in [3.63, 3.8) is 0 Å². The van der Waals surface area contributed by atoms with Gasteiger partial charge in [0.1, 0.15) is 25.4 Å². The number of rotatable bonds is 9. The van der Waals surface area contributed by atoms with Crippen molar-refractivity contribution < 1.29 is 39.2 Å². The highest BCUT2D eigenvalue weighted by molar-refractivity contribution is 5.78. The highest BCUT2D eigenvalue weighted by Crippen LogP contribution is 2.04. The van der Waals surface area contributed by atoms with Crippen molar-refractivity contribution in [3.05, 3.63) is 35.9 Å². The molecule has 0 fully saturated rings. The van der Waals surface area contributed by atoms with E-state index in [0.29, 0.717) is 0 Å². The molecule has 0 heterocycles. The Bertz CT molecular complexity index is 536. The van der Waals surface area contributed by atoms with Crippen molar-refractivity contribution in [2.75, 3.05) is 13.2 Å². The lowest BCUT2D eigenvalue weighted by Gasteiger charge is -2.22. The van der Waals surface area contributed by atoms with Gasteiger partial charge in [0.2, 0.25) is 0 Å². The summed E-state index contributed by atoms with van der Waals surface area (Å²) in [4.78, 5) is 33.3. The average Bonchev–Trinajstić information content (AvgIpc) is 2.62. The average molecular weight is 341 g/mol. The SMILES string of the molecule is O=C[C@@H](O)[C@H](O)[C@@H](CO)OC(=O)CNC(=O)OCc1ccccc1. The van der Waals surface area contributed by atoms with Gasteiger partial charge in [-0.15, -0.1) is 0 Å². The van der Waals surface area contributed by atoms with Crippen LogP contribution in [0.1, 0.15) is 5.56 Å². The number of nitrogens with one attached hydrogen (secondary N) is 1. The lowest BCUT2D eigenvalue weighted by molar-refractivity contribution is -0.163. The highest BCUT2D eigenvalue weighted by Gasteiger charge is 2.28. The van der Waals surface area contributed by atoms with Gasteiger partial charge in [0.25, 0.3) is 0 Å². The quantitative estimate of drug-likeness (QED) is 0.322. The van der Waals surface area contributed by atoms with Crippen molar-refractivity contribution in [2.24, 2.45) is 0 Å². The lowest BCUT2D eigenvalue weighted by Crippen LogP contribution is -2.44. The largest absolute Gasteiger partial charge is 0.456 e. The molecule has 132 valence electrons. The molecule has 4 N–H and O–H groups in total. The van der Waals surface area contributed by atoms with Crippen LogP contribution in [0.5, 0.6) is 0 Å². The fourth-order valence-corrected chi connectivity index (χ4v) is 1.64. The normalized spacial score (nSPS) is 14.1. The van der Waals surface area contributed by atoms with E-state index in [1.165, 1.54) is 0 Å². The predicted molar refractivity (Wildman–Crippen MR) is 79.7 cm³/mol. The third kappa shape index (κ3) is 6.73. The molecule has 0 aromatic heterocycles. The van der Waals surface area contributed by atoms with E-state index >= 15 is 0 Å². The zero-order chi connectivity index (χ0) is 17.9. The van der Waals surface area contributed by atoms with Crippen LogP contribution in [0, 0.1) is 0 Å². The van der Waals surface area contributed by atoms with Gasteiger partial charge in [-0.25, -0.2) is 4.79 Å². The van der Waals surface area contributed by atoms with Crippen LogP contribution in [0.3, 0.4) is 0 Å². The first-order valence-electron chi connectivity index (χ1n) is 7.04. The Hall–Kier alpha value is -2.49. The van der Waals surface area contributed by atoms with Gasteiger partial charge in [0, 0.05) is 0 Å². The molecule has 0 unspecified atom stereocenters. The lowest BCUT2D eigenvalue weighted by atomic mass is 10.1. The maximum Gasteiger partial charge on any atom is 0.407 e. The van der Waals surface area contributed by atoms with Crippen molar-refractivity contribution in [3.8, 4) is 0 Å². The Kier molecular flexibility index (Phi) is 8.41. The summed E-state index contributed by atoms with van der Waals surface area (Å²) >= 11 is 0. The van der Waals surface area contributed by atoms with Crippen LogP contribution in [-0.2, 0) is 25.7 Å². The highest BCUT2D eigenvalue weighted by atomic mass is 16.6. The van der Waals surface area contributed by atoms with Crippen molar-refractivity contribution >= 4 is 18.3 Å². The molecular formula is C15H19NO8. The maximum atomic E-state index is 11.5. The van der Waals surface area contributed by atoms with Gasteiger partial charge in [0.15, 0.2) is 12.4 Å². The van der Waals surface area contributed by atoms with Crippen LogP contribution in [0.15, 0.2) is 30.3 Å². The van der Waals surface area contributed by atoms with Gasteiger partial charge < -0.3 is 34.9 Å². The molecule has 1 amide bonds. The van der Waals surface area contributed by atoms with Gasteiger partial charge in [-0.05, 0) is 5.56 Å². The van der Waals surface area contributed by atoms with Gasteiger partial charge >= 0.3 is 12.1 Å². The Morgan fingerprint density at radius 3 is 2.46 bits per heavy atom. The zero-order valence-electron chi connectivity index (χ0n) is 12.7. The maximum absolute atomic E-state index is 11.5. The molecule has 1 rings (SSSR count). The van der Waals surface area contributed by atoms with Crippen molar-refractivity contribution in [1.82, 2.24) is 5.32 Å². The number of benzene rings is 1. The summed E-state index contributed by atoms with van der Waals surface area (Å²) in [6.45, 7) is -1.37. The van der Waals surface area contributed by atoms with E-state index in [0.717, 1.165) is 5.56 Å². The Balaban J connectivity index is 2.33. The number of hydrogen-bond acceptors (Lipinski definition) is 8. The topological polar surface area (TPSA) is 142 Å². The van der Waals surface area contributed by atoms with E-state index in [9.17, 15) is 19.5 Å². The van der Waals surface area contributed by atoms with Gasteiger partial charge in [0.05, 0.1) is 6.61 Å². The summed E-state index contributed by atoms with van der Waals surface area (Å²) in [7, 11) is 0. The molecule has 9 heteroatoms. The van der Waals surface area contributed by atoms with Crippen LogP contribution in [0.2, 0.25) is 0 Å². The number of carbonyl (C=O) groups excluding carboxylic acids is 3. The minimum atomic E-state index is -1.81. The molecule has 0 saturated heterocycles. The molecule has 0 aliphatic heterocycles. The van der Waals surface area contributed by atoms with Crippen molar-refractivity contribution in [1.29, 1.82) is 0 Å². The predicted octanol–water partition coefficient (Wildman–Crippen LogP) is -1.26. The van der Waals surface area contributed by atoms with E-state index in [-0.39, 0.29) is 12.9 Å². The second-order valence-corrected chi connectivity index (χ2v) is 4.74. The summed E-state index contributed by atoms with van der Waals surface area (Å²) in [5.41, 5.74) is 0.765. The van der Waals surface area contributed by atoms with Crippen molar-refractivity contribution in [2.45, 2.75) is 24.9 Å². The van der Waals surface area contributed by atoms with E-state index in [4.69, 9.17) is 14.9 Å². The minimum absolute atomic E-state index is 0.0191. The third-order valence-electron chi connectivity index (χ3n) is 2.92. The number of carbonyl (C=O) groups is 3. The van der Waals surface area contributed by atoms with Crippen LogP contribution in [-0.4, -0.2) is 65.1 Å². The monoisotopic (exact) mass is 341 g/mol. The molecule has 0 spiro atoms. The number of esters is 1. The van der Waals surface area contributed by atoms with E-state index < -0.39 is 43.5 Å². The number of ether oxygens (including phenoxy) is 2. The molecule has 0 bridgehead atoms. The fraction of sp³-hybridized carbons (Fsp3) is 0.400. The fourth-order valence-electron chi connectivity index (χ4n) is 1.64. The molecule has 0 saturated carbocycles. The Labute approximate surface area is 137 Å².